The molecule has 0 aliphatic heterocycles. The third-order valence-electron chi connectivity index (χ3n) is 4.19. The number of rotatable bonds is 9. The van der Waals surface area contributed by atoms with Crippen LogP contribution in [0.15, 0.2) is 60.7 Å². The van der Waals surface area contributed by atoms with Crippen molar-refractivity contribution in [1.82, 2.24) is 10.6 Å². The van der Waals surface area contributed by atoms with Crippen LogP contribution in [0, 0.1) is 5.82 Å². The summed E-state index contributed by atoms with van der Waals surface area (Å²) < 4.78 is 13.1. The van der Waals surface area contributed by atoms with Gasteiger partial charge in [-0.2, -0.15) is 0 Å². The molecule has 29 heavy (non-hydrogen) atoms. The summed E-state index contributed by atoms with van der Waals surface area (Å²) in [5.74, 6) is -2.01. The van der Waals surface area contributed by atoms with Crippen LogP contribution in [0.4, 0.5) is 4.39 Å². The fraction of sp³-hybridized carbons (Fsp3) is 0.227. The van der Waals surface area contributed by atoms with E-state index in [1.54, 1.807) is 6.08 Å². The predicted molar refractivity (Wildman–Crippen MR) is 109 cm³/mol. The Hall–Kier alpha value is -3.48. The molecular formula is C22H24FN3O3. The molecule has 0 spiro atoms. The molecule has 0 aliphatic carbocycles. The molecule has 0 aliphatic rings. The van der Waals surface area contributed by atoms with E-state index in [0.29, 0.717) is 5.56 Å². The van der Waals surface area contributed by atoms with E-state index < -0.39 is 35.6 Å². The Bertz CT molecular complexity index is 867. The summed E-state index contributed by atoms with van der Waals surface area (Å²) in [5.41, 5.74) is 7.04. The van der Waals surface area contributed by atoms with Gasteiger partial charge in [-0.3, -0.25) is 14.4 Å². The second-order valence-corrected chi connectivity index (χ2v) is 6.60. The fourth-order valence-electron chi connectivity index (χ4n) is 2.73. The van der Waals surface area contributed by atoms with E-state index in [0.717, 1.165) is 5.56 Å². The van der Waals surface area contributed by atoms with Crippen molar-refractivity contribution >= 4 is 23.8 Å². The Balaban J connectivity index is 2.04. The molecule has 0 bridgehead atoms. The molecular weight excluding hydrogens is 373 g/mol. The lowest BCUT2D eigenvalue weighted by Gasteiger charge is -2.21. The van der Waals surface area contributed by atoms with Crippen LogP contribution < -0.4 is 16.4 Å². The minimum atomic E-state index is -0.924. The second-order valence-electron chi connectivity index (χ2n) is 6.60. The molecule has 0 saturated heterocycles. The molecule has 7 heteroatoms. The summed E-state index contributed by atoms with van der Waals surface area (Å²) in [6.45, 7) is 1.29. The molecule has 0 fully saturated rings. The Morgan fingerprint density at radius 2 is 1.66 bits per heavy atom. The maximum Gasteiger partial charge on any atom is 0.243 e. The van der Waals surface area contributed by atoms with Crippen molar-refractivity contribution in [3.63, 3.8) is 0 Å². The molecule has 0 unspecified atom stereocenters. The number of nitrogens with one attached hydrogen (secondary N) is 2. The van der Waals surface area contributed by atoms with E-state index in [1.807, 2.05) is 36.4 Å². The lowest BCUT2D eigenvalue weighted by atomic mass is 10.0. The second kappa shape index (κ2) is 10.8. The van der Waals surface area contributed by atoms with Gasteiger partial charge in [-0.1, -0.05) is 54.6 Å². The highest BCUT2D eigenvalue weighted by Gasteiger charge is 2.24. The zero-order valence-corrected chi connectivity index (χ0v) is 16.1. The van der Waals surface area contributed by atoms with Crippen molar-refractivity contribution in [2.45, 2.75) is 31.8 Å². The van der Waals surface area contributed by atoms with Crippen LogP contribution >= 0.6 is 0 Å². The molecule has 0 heterocycles. The number of benzene rings is 2. The molecule has 4 N–H and O–H groups in total. The van der Waals surface area contributed by atoms with Crippen LogP contribution in [0.5, 0.6) is 0 Å². The van der Waals surface area contributed by atoms with E-state index in [9.17, 15) is 18.8 Å². The molecule has 2 rings (SSSR count). The fourth-order valence-corrected chi connectivity index (χ4v) is 2.73. The van der Waals surface area contributed by atoms with Crippen LogP contribution in [0.3, 0.4) is 0 Å². The molecule has 6 nitrogen and oxygen atoms in total. The normalized spacial score (nSPS) is 12.9. The number of primary amides is 1. The summed E-state index contributed by atoms with van der Waals surface area (Å²) in [7, 11) is 0. The van der Waals surface area contributed by atoms with E-state index in [4.69, 9.17) is 5.73 Å². The predicted octanol–water partition coefficient (Wildman–Crippen LogP) is 1.95. The van der Waals surface area contributed by atoms with Crippen LogP contribution in [-0.2, 0) is 20.8 Å². The number of hydrogen-bond acceptors (Lipinski definition) is 3. The Kier molecular flexibility index (Phi) is 8.09. The topological polar surface area (TPSA) is 101 Å². The first-order valence-electron chi connectivity index (χ1n) is 9.18. The monoisotopic (exact) mass is 397 g/mol. The first-order chi connectivity index (χ1) is 13.8. The van der Waals surface area contributed by atoms with Gasteiger partial charge in [0.05, 0.1) is 0 Å². The lowest BCUT2D eigenvalue weighted by Crippen LogP contribution is -2.53. The summed E-state index contributed by atoms with van der Waals surface area (Å²) in [5, 5.41) is 5.14. The highest BCUT2D eigenvalue weighted by Crippen LogP contribution is 2.08. The van der Waals surface area contributed by atoms with Gasteiger partial charge in [-0.25, -0.2) is 4.39 Å². The maximum absolute atomic E-state index is 13.1. The first-order valence-corrected chi connectivity index (χ1v) is 9.18. The average molecular weight is 397 g/mol. The molecule has 2 aromatic carbocycles. The molecule has 0 aromatic heterocycles. The number of halogens is 1. The van der Waals surface area contributed by atoms with Gasteiger partial charge in [0.25, 0.3) is 0 Å². The Labute approximate surface area is 169 Å². The van der Waals surface area contributed by atoms with Crippen molar-refractivity contribution in [2.75, 3.05) is 0 Å². The molecule has 0 radical (unpaired) electrons. The standard InChI is InChI=1S/C22H24FN3O3/c1-15(27)25-20(14-17-10-12-18(23)13-11-17)22(29)26-19(21(24)28)9-5-8-16-6-3-2-4-7-16/h2-8,10-13,19-20H,9,14H2,1H3,(H2,24,28)(H,25,27)(H,26,29)/b8-5+/t19-,20+/m1/s1. The van der Waals surface area contributed by atoms with Crippen molar-refractivity contribution in [1.29, 1.82) is 0 Å². The van der Waals surface area contributed by atoms with Crippen molar-refractivity contribution < 1.29 is 18.8 Å². The van der Waals surface area contributed by atoms with Crippen LogP contribution in [0.1, 0.15) is 24.5 Å². The van der Waals surface area contributed by atoms with Gasteiger partial charge >= 0.3 is 0 Å². The summed E-state index contributed by atoms with van der Waals surface area (Å²) in [4.78, 5) is 35.9. The van der Waals surface area contributed by atoms with Crippen molar-refractivity contribution in [3.05, 3.63) is 77.6 Å². The number of carbonyl (C=O) groups is 3. The van der Waals surface area contributed by atoms with Gasteiger partial charge in [-0.05, 0) is 29.7 Å². The van der Waals surface area contributed by atoms with Crippen molar-refractivity contribution in [3.8, 4) is 0 Å². The highest BCUT2D eigenvalue weighted by molar-refractivity contribution is 5.91. The van der Waals surface area contributed by atoms with Gasteiger partial charge in [0.2, 0.25) is 17.7 Å². The lowest BCUT2D eigenvalue weighted by molar-refractivity contribution is -0.130. The van der Waals surface area contributed by atoms with Crippen LogP contribution in [0.25, 0.3) is 6.08 Å². The number of hydrogen-bond donors (Lipinski definition) is 3. The maximum atomic E-state index is 13.1. The summed E-state index contributed by atoms with van der Waals surface area (Å²) in [6.07, 6.45) is 3.93. The van der Waals surface area contributed by atoms with Crippen molar-refractivity contribution in [2.24, 2.45) is 5.73 Å². The minimum Gasteiger partial charge on any atom is -0.368 e. The van der Waals surface area contributed by atoms with Gasteiger partial charge in [-0.15, -0.1) is 0 Å². The highest BCUT2D eigenvalue weighted by atomic mass is 19.1. The third kappa shape index (κ3) is 7.57. The number of amides is 3. The van der Waals surface area contributed by atoms with Gasteiger partial charge in [0.15, 0.2) is 0 Å². The average Bonchev–Trinajstić information content (AvgIpc) is 2.68. The van der Waals surface area contributed by atoms with Crippen LogP contribution in [0.2, 0.25) is 0 Å². The Morgan fingerprint density at radius 3 is 2.24 bits per heavy atom. The third-order valence-corrected chi connectivity index (χ3v) is 4.19. The molecule has 152 valence electrons. The zero-order valence-electron chi connectivity index (χ0n) is 16.1. The van der Waals surface area contributed by atoms with Crippen LogP contribution in [-0.4, -0.2) is 29.8 Å². The largest absolute Gasteiger partial charge is 0.368 e. The number of nitrogens with two attached hydrogens (primary N) is 1. The SMILES string of the molecule is CC(=O)N[C@@H](Cc1ccc(F)cc1)C(=O)N[C@H](C/C=C/c1ccccc1)C(N)=O. The Morgan fingerprint density at radius 1 is 1.00 bits per heavy atom. The summed E-state index contributed by atoms with van der Waals surface area (Å²) in [6, 6.07) is 13.3. The van der Waals surface area contributed by atoms with E-state index in [1.165, 1.54) is 31.2 Å². The van der Waals surface area contributed by atoms with E-state index in [-0.39, 0.29) is 12.8 Å². The molecule has 3 amide bonds. The van der Waals surface area contributed by atoms with Gasteiger partial charge in [0.1, 0.15) is 17.9 Å². The molecule has 2 aromatic rings. The molecule has 2 atom stereocenters. The quantitative estimate of drug-likeness (QED) is 0.603. The number of carbonyl (C=O) groups excluding carboxylic acids is 3. The van der Waals surface area contributed by atoms with E-state index >= 15 is 0 Å². The van der Waals surface area contributed by atoms with E-state index in [2.05, 4.69) is 10.6 Å². The van der Waals surface area contributed by atoms with Gasteiger partial charge in [0, 0.05) is 13.3 Å². The first kappa shape index (κ1) is 21.8. The van der Waals surface area contributed by atoms with Gasteiger partial charge < -0.3 is 16.4 Å². The molecule has 0 saturated carbocycles. The summed E-state index contributed by atoms with van der Waals surface area (Å²) >= 11 is 0. The minimum absolute atomic E-state index is 0.150. The smallest absolute Gasteiger partial charge is 0.243 e. The zero-order chi connectivity index (χ0) is 21.2.